The van der Waals surface area contributed by atoms with Gasteiger partial charge in [-0.25, -0.2) is 0 Å². The summed E-state index contributed by atoms with van der Waals surface area (Å²) >= 11 is 0. The molecule has 2 rings (SSSR count). The lowest BCUT2D eigenvalue weighted by Gasteiger charge is -2.27. The van der Waals surface area contributed by atoms with Crippen molar-refractivity contribution >= 4 is 5.91 Å². The minimum Gasteiger partial charge on any atom is -0.383 e. The number of hydrogen-bond acceptors (Lipinski definition) is 3. The normalized spacial score (nSPS) is 16.9. The van der Waals surface area contributed by atoms with E-state index in [0.29, 0.717) is 19.0 Å². The summed E-state index contributed by atoms with van der Waals surface area (Å²) in [5.41, 5.74) is 0.986. The molecule has 22 heavy (non-hydrogen) atoms. The topological polar surface area (TPSA) is 43.8 Å². The van der Waals surface area contributed by atoms with Gasteiger partial charge in [0.15, 0.2) is 0 Å². The van der Waals surface area contributed by atoms with Crippen LogP contribution in [0.4, 0.5) is 0 Å². The number of likely N-dealkylation sites (N-methyl/N-ethyl adjacent to an activating group) is 2. The second-order valence-electron chi connectivity index (χ2n) is 6.38. The number of aliphatic hydroxyl groups is 1. The van der Waals surface area contributed by atoms with E-state index in [1.807, 2.05) is 30.3 Å². The Balaban J connectivity index is 1.76. The highest BCUT2D eigenvalue weighted by Gasteiger charge is 2.22. The maximum absolute atomic E-state index is 12.2. The van der Waals surface area contributed by atoms with Crippen molar-refractivity contribution < 1.29 is 9.90 Å². The summed E-state index contributed by atoms with van der Waals surface area (Å²) in [6.07, 6.45) is 4.60. The zero-order chi connectivity index (χ0) is 15.9. The fourth-order valence-electron chi connectivity index (χ4n) is 3.12. The van der Waals surface area contributed by atoms with Crippen LogP contribution in [0.1, 0.15) is 31.2 Å². The quantitative estimate of drug-likeness (QED) is 0.837. The molecule has 1 atom stereocenters. The highest BCUT2D eigenvalue weighted by atomic mass is 16.3. The van der Waals surface area contributed by atoms with Crippen LogP contribution in [0.15, 0.2) is 30.3 Å². The Bertz CT molecular complexity index is 457. The van der Waals surface area contributed by atoms with E-state index in [1.165, 1.54) is 25.7 Å². The molecule has 1 fully saturated rings. The molecule has 0 spiro atoms. The first-order valence-corrected chi connectivity index (χ1v) is 8.25. The second kappa shape index (κ2) is 8.30. The maximum Gasteiger partial charge on any atom is 0.251 e. The Hall–Kier alpha value is -1.39. The predicted octanol–water partition coefficient (Wildman–Crippen LogP) is 1.92. The molecule has 0 radical (unpaired) electrons. The van der Waals surface area contributed by atoms with E-state index in [9.17, 15) is 9.90 Å². The molecule has 1 amide bonds. The summed E-state index contributed by atoms with van der Waals surface area (Å²) in [4.78, 5) is 16.2. The van der Waals surface area contributed by atoms with E-state index >= 15 is 0 Å². The zero-order valence-electron chi connectivity index (χ0n) is 13.7. The van der Waals surface area contributed by atoms with Crippen molar-refractivity contribution in [3.8, 4) is 0 Å². The molecule has 4 nitrogen and oxygen atoms in total. The Morgan fingerprint density at radius 2 is 1.82 bits per heavy atom. The van der Waals surface area contributed by atoms with Gasteiger partial charge in [0.05, 0.1) is 0 Å². The minimum absolute atomic E-state index is 0.191. The summed E-state index contributed by atoms with van der Waals surface area (Å²) in [7, 11) is 3.91. The molecular formula is C18H28N2O2. The lowest BCUT2D eigenvalue weighted by atomic mass is 10.1. The van der Waals surface area contributed by atoms with Crippen molar-refractivity contribution in [2.45, 2.75) is 44.2 Å². The third-order valence-corrected chi connectivity index (χ3v) is 4.67. The minimum atomic E-state index is -0.954. The lowest BCUT2D eigenvalue weighted by molar-refractivity contribution is -0.138. The van der Waals surface area contributed by atoms with Gasteiger partial charge in [0.2, 0.25) is 0 Å². The molecule has 122 valence electrons. The van der Waals surface area contributed by atoms with Crippen molar-refractivity contribution in [2.24, 2.45) is 0 Å². The smallest absolute Gasteiger partial charge is 0.251 e. The molecule has 1 saturated carbocycles. The van der Waals surface area contributed by atoms with Crippen molar-refractivity contribution in [3.63, 3.8) is 0 Å². The predicted molar refractivity (Wildman–Crippen MR) is 88.7 cm³/mol. The van der Waals surface area contributed by atoms with Crippen LogP contribution in [0.25, 0.3) is 0 Å². The van der Waals surface area contributed by atoms with Gasteiger partial charge in [-0.3, -0.25) is 4.79 Å². The molecule has 0 bridgehead atoms. The highest BCUT2D eigenvalue weighted by molar-refractivity contribution is 5.80. The van der Waals surface area contributed by atoms with Gasteiger partial charge >= 0.3 is 0 Å². The molecule has 0 heterocycles. The Morgan fingerprint density at radius 1 is 1.18 bits per heavy atom. The SMILES string of the molecule is CN(CCN(C)C1CCCC1)C(=O)[C@@H](O)Cc1ccccc1. The molecule has 1 aliphatic carbocycles. The van der Waals surface area contributed by atoms with Crippen molar-refractivity contribution in [1.82, 2.24) is 9.80 Å². The van der Waals surface area contributed by atoms with Gasteiger partial charge in [-0.05, 0) is 25.5 Å². The number of carbonyl (C=O) groups is 1. The average molecular weight is 304 g/mol. The van der Waals surface area contributed by atoms with Gasteiger partial charge in [-0.2, -0.15) is 0 Å². The van der Waals surface area contributed by atoms with Crippen molar-refractivity contribution in [3.05, 3.63) is 35.9 Å². The number of carbonyl (C=O) groups excluding carboxylic acids is 1. The first kappa shape index (κ1) is 17.0. The molecule has 4 heteroatoms. The largest absolute Gasteiger partial charge is 0.383 e. The molecule has 1 N–H and O–H groups in total. The van der Waals surface area contributed by atoms with Gasteiger partial charge in [0.25, 0.3) is 5.91 Å². The van der Waals surface area contributed by atoms with Crippen molar-refractivity contribution in [2.75, 3.05) is 27.2 Å². The monoisotopic (exact) mass is 304 g/mol. The molecular weight excluding hydrogens is 276 g/mol. The van der Waals surface area contributed by atoms with Gasteiger partial charge in [0.1, 0.15) is 6.10 Å². The maximum atomic E-state index is 12.2. The van der Waals surface area contributed by atoms with Crippen LogP contribution in [-0.4, -0.2) is 60.1 Å². The van der Waals surface area contributed by atoms with Gasteiger partial charge in [-0.1, -0.05) is 43.2 Å². The Morgan fingerprint density at radius 3 is 2.45 bits per heavy atom. The highest BCUT2D eigenvalue weighted by Crippen LogP contribution is 2.22. The summed E-state index contributed by atoms with van der Waals surface area (Å²) in [5.74, 6) is -0.191. The molecule has 0 aliphatic heterocycles. The third kappa shape index (κ3) is 4.82. The zero-order valence-corrected chi connectivity index (χ0v) is 13.7. The van der Waals surface area contributed by atoms with E-state index < -0.39 is 6.10 Å². The average Bonchev–Trinajstić information content (AvgIpc) is 3.07. The summed E-state index contributed by atoms with van der Waals surface area (Å²) < 4.78 is 0. The second-order valence-corrected chi connectivity index (χ2v) is 6.38. The molecule has 0 saturated heterocycles. The Labute approximate surface area is 133 Å². The molecule has 1 aliphatic rings. The van der Waals surface area contributed by atoms with Crippen LogP contribution in [0, 0.1) is 0 Å². The van der Waals surface area contributed by atoms with Gasteiger partial charge in [-0.15, -0.1) is 0 Å². The number of hydrogen-bond donors (Lipinski definition) is 1. The van der Waals surface area contributed by atoms with Crippen LogP contribution in [-0.2, 0) is 11.2 Å². The first-order valence-electron chi connectivity index (χ1n) is 8.25. The summed E-state index contributed by atoms with van der Waals surface area (Å²) in [6.45, 7) is 1.53. The molecule has 0 aromatic heterocycles. The fourth-order valence-corrected chi connectivity index (χ4v) is 3.12. The Kier molecular flexibility index (Phi) is 6.40. The number of amides is 1. The lowest BCUT2D eigenvalue weighted by Crippen LogP contribution is -2.42. The van der Waals surface area contributed by atoms with E-state index in [-0.39, 0.29) is 5.91 Å². The number of nitrogens with zero attached hydrogens (tertiary/aromatic N) is 2. The number of rotatable bonds is 7. The standard InChI is InChI=1S/C18H28N2O2/c1-19(16-10-6-7-11-16)12-13-20(2)18(22)17(21)14-15-8-4-3-5-9-15/h3-5,8-9,16-17,21H,6-7,10-14H2,1-2H3/t17-/m0/s1. The van der Waals surface area contributed by atoms with Crippen LogP contribution in [0.5, 0.6) is 0 Å². The molecule has 0 unspecified atom stereocenters. The fraction of sp³-hybridized carbons (Fsp3) is 0.611. The third-order valence-electron chi connectivity index (χ3n) is 4.67. The van der Waals surface area contributed by atoms with Crippen molar-refractivity contribution in [1.29, 1.82) is 0 Å². The van der Waals surface area contributed by atoms with Gasteiger partial charge < -0.3 is 14.9 Å². The molecule has 1 aromatic carbocycles. The molecule has 1 aromatic rings. The van der Waals surface area contributed by atoms with Crippen LogP contribution < -0.4 is 0 Å². The van der Waals surface area contributed by atoms with Crippen LogP contribution >= 0.6 is 0 Å². The van der Waals surface area contributed by atoms with Crippen LogP contribution in [0.3, 0.4) is 0 Å². The van der Waals surface area contributed by atoms with E-state index in [4.69, 9.17) is 0 Å². The van der Waals surface area contributed by atoms with Crippen LogP contribution in [0.2, 0.25) is 0 Å². The number of benzene rings is 1. The van der Waals surface area contributed by atoms with E-state index in [1.54, 1.807) is 11.9 Å². The van der Waals surface area contributed by atoms with E-state index in [0.717, 1.165) is 12.1 Å². The van der Waals surface area contributed by atoms with E-state index in [2.05, 4.69) is 11.9 Å². The first-order chi connectivity index (χ1) is 10.6. The number of aliphatic hydroxyl groups excluding tert-OH is 1. The van der Waals surface area contributed by atoms with Gasteiger partial charge in [0, 0.05) is 32.6 Å². The summed E-state index contributed by atoms with van der Waals surface area (Å²) in [6, 6.07) is 10.3. The summed E-state index contributed by atoms with van der Waals surface area (Å²) in [5, 5.41) is 10.1.